The second-order valence-corrected chi connectivity index (χ2v) is 3.77. The smallest absolute Gasteiger partial charge is 0.0256 e. The molecule has 0 N–H and O–H groups in total. The molecular weight excluding hydrogens is 211 g/mol. The largest absolute Gasteiger partial charge is 0.0614 e. The van der Waals surface area contributed by atoms with Crippen LogP contribution in [0.2, 0.25) is 0 Å². The standard InChI is InChI=1S/C11H9Br/c1-8-4-2-5-9-6-3-7-10(12)11(8)9/h2-7H,1H3/i1-1. The Morgan fingerprint density at radius 2 is 1.67 bits per heavy atom. The minimum atomic E-state index is 1.18. The highest BCUT2D eigenvalue weighted by Crippen LogP contribution is 2.26. The zero-order chi connectivity index (χ0) is 8.55. The Bertz CT molecular complexity index is 382. The lowest BCUT2D eigenvalue weighted by Gasteiger charge is -2.02. The highest BCUT2D eigenvalue weighted by Gasteiger charge is 1.98. The summed E-state index contributed by atoms with van der Waals surface area (Å²) in [6.45, 7) is 2.13. The van der Waals surface area contributed by atoms with Crippen LogP contribution < -0.4 is 0 Å². The van der Waals surface area contributed by atoms with Gasteiger partial charge >= 0.3 is 0 Å². The third kappa shape index (κ3) is 1.14. The molecule has 0 heterocycles. The quantitative estimate of drug-likeness (QED) is 0.631. The van der Waals surface area contributed by atoms with Gasteiger partial charge in [0.2, 0.25) is 0 Å². The maximum atomic E-state index is 3.55. The van der Waals surface area contributed by atoms with Gasteiger partial charge in [-0.3, -0.25) is 0 Å². The van der Waals surface area contributed by atoms with Gasteiger partial charge in [0.15, 0.2) is 0 Å². The van der Waals surface area contributed by atoms with Gasteiger partial charge in [-0.1, -0.05) is 46.3 Å². The molecular formula is C11H9Br. The van der Waals surface area contributed by atoms with Crippen molar-refractivity contribution in [2.24, 2.45) is 0 Å². The number of hydrogen-bond donors (Lipinski definition) is 0. The van der Waals surface area contributed by atoms with Crippen molar-refractivity contribution in [1.82, 2.24) is 0 Å². The van der Waals surface area contributed by atoms with Crippen LogP contribution in [0.25, 0.3) is 10.8 Å². The first kappa shape index (κ1) is 7.81. The number of benzene rings is 2. The summed E-state index contributed by atoms with van der Waals surface area (Å²) in [4.78, 5) is 0. The normalized spacial score (nSPS) is 10.5. The second kappa shape index (κ2) is 2.91. The third-order valence-corrected chi connectivity index (χ3v) is 2.72. The number of hydrogen-bond acceptors (Lipinski definition) is 0. The Balaban J connectivity index is 2.96. The van der Waals surface area contributed by atoms with Crippen LogP contribution in [0, 0.1) is 6.92 Å². The van der Waals surface area contributed by atoms with E-state index in [9.17, 15) is 0 Å². The van der Waals surface area contributed by atoms with E-state index in [1.165, 1.54) is 20.8 Å². The topological polar surface area (TPSA) is 0 Å². The molecule has 0 aromatic heterocycles. The monoisotopic (exact) mass is 219 g/mol. The predicted octanol–water partition coefficient (Wildman–Crippen LogP) is 3.91. The van der Waals surface area contributed by atoms with Gasteiger partial charge in [0, 0.05) is 4.47 Å². The molecule has 0 aliphatic carbocycles. The van der Waals surface area contributed by atoms with Crippen LogP contribution in [0.15, 0.2) is 40.9 Å². The zero-order valence-electron chi connectivity index (χ0n) is 6.84. The van der Waals surface area contributed by atoms with Crippen molar-refractivity contribution in [3.8, 4) is 0 Å². The van der Waals surface area contributed by atoms with E-state index in [4.69, 9.17) is 0 Å². The van der Waals surface area contributed by atoms with Crippen LogP contribution in [0.3, 0.4) is 0 Å². The molecule has 0 nitrogen and oxygen atoms in total. The summed E-state index contributed by atoms with van der Waals surface area (Å²) in [7, 11) is 0. The van der Waals surface area contributed by atoms with Gasteiger partial charge in [0.05, 0.1) is 0 Å². The summed E-state index contributed by atoms with van der Waals surface area (Å²) in [5.74, 6) is 0. The fourth-order valence-corrected chi connectivity index (χ4v) is 2.17. The molecule has 2 aromatic carbocycles. The third-order valence-electron chi connectivity index (χ3n) is 2.06. The van der Waals surface area contributed by atoms with E-state index in [2.05, 4.69) is 59.3 Å². The SMILES string of the molecule is [11CH3]c1cccc2cccc(Br)c12. The maximum absolute atomic E-state index is 3.55. The first-order valence-electron chi connectivity index (χ1n) is 3.93. The van der Waals surface area contributed by atoms with Crippen molar-refractivity contribution < 1.29 is 0 Å². The Morgan fingerprint density at radius 3 is 2.33 bits per heavy atom. The van der Waals surface area contributed by atoms with Crippen molar-refractivity contribution in [2.45, 2.75) is 6.92 Å². The molecule has 0 aliphatic heterocycles. The lowest BCUT2D eigenvalue weighted by molar-refractivity contribution is 1.52. The first-order valence-corrected chi connectivity index (χ1v) is 4.72. The first-order chi connectivity index (χ1) is 5.79. The van der Waals surface area contributed by atoms with Crippen LogP contribution in [0.5, 0.6) is 0 Å². The van der Waals surface area contributed by atoms with Gasteiger partial charge < -0.3 is 0 Å². The number of rotatable bonds is 0. The van der Waals surface area contributed by atoms with Crippen LogP contribution in [-0.4, -0.2) is 0 Å². The number of aryl methyl sites for hydroxylation is 1. The molecule has 0 saturated heterocycles. The van der Waals surface area contributed by atoms with Gasteiger partial charge in [-0.05, 0) is 29.3 Å². The van der Waals surface area contributed by atoms with E-state index in [0.717, 1.165) is 0 Å². The fraction of sp³-hybridized carbons (Fsp3) is 0.0909. The molecule has 0 radical (unpaired) electrons. The molecule has 0 saturated carbocycles. The van der Waals surface area contributed by atoms with Crippen molar-refractivity contribution >= 4 is 26.7 Å². The molecule has 0 amide bonds. The average molecular weight is 220 g/mol. The predicted molar refractivity (Wildman–Crippen MR) is 56.4 cm³/mol. The van der Waals surface area contributed by atoms with E-state index >= 15 is 0 Å². The van der Waals surface area contributed by atoms with Crippen LogP contribution in [0.4, 0.5) is 0 Å². The lowest BCUT2D eigenvalue weighted by Crippen LogP contribution is -1.78. The second-order valence-electron chi connectivity index (χ2n) is 2.91. The molecule has 0 unspecified atom stereocenters. The van der Waals surface area contributed by atoms with Crippen molar-refractivity contribution in [3.63, 3.8) is 0 Å². The molecule has 60 valence electrons. The summed E-state index contributed by atoms with van der Waals surface area (Å²) in [5.41, 5.74) is 1.32. The zero-order valence-corrected chi connectivity index (χ0v) is 8.43. The van der Waals surface area contributed by atoms with Crippen molar-refractivity contribution in [2.75, 3.05) is 0 Å². The lowest BCUT2D eigenvalue weighted by atomic mass is 9.96. The Hall–Kier alpha value is -0.820. The van der Waals surface area contributed by atoms with Crippen LogP contribution >= 0.6 is 15.9 Å². The van der Waals surface area contributed by atoms with E-state index in [1.807, 2.05) is 0 Å². The van der Waals surface area contributed by atoms with E-state index in [0.29, 0.717) is 0 Å². The highest BCUT2D eigenvalue weighted by molar-refractivity contribution is 9.10. The summed E-state index contributed by atoms with van der Waals surface area (Å²) in [5, 5.41) is 2.62. The molecule has 0 aliphatic rings. The van der Waals surface area contributed by atoms with Crippen LogP contribution in [-0.2, 0) is 0 Å². The fourth-order valence-electron chi connectivity index (χ4n) is 1.48. The summed E-state index contributed by atoms with van der Waals surface area (Å²) >= 11 is 3.55. The number of fused-ring (bicyclic) bond motifs is 1. The Morgan fingerprint density at radius 1 is 1.00 bits per heavy atom. The summed E-state index contributed by atoms with van der Waals surface area (Å²) in [6, 6.07) is 12.6. The van der Waals surface area contributed by atoms with E-state index in [-0.39, 0.29) is 0 Å². The van der Waals surface area contributed by atoms with Gasteiger partial charge in [-0.15, -0.1) is 0 Å². The van der Waals surface area contributed by atoms with Gasteiger partial charge in [-0.2, -0.15) is 0 Å². The highest BCUT2D eigenvalue weighted by atomic mass is 79.9. The van der Waals surface area contributed by atoms with E-state index in [1.54, 1.807) is 0 Å². The van der Waals surface area contributed by atoms with Crippen LogP contribution in [0.1, 0.15) is 5.56 Å². The molecule has 0 spiro atoms. The molecule has 0 bridgehead atoms. The minimum absolute atomic E-state index is 1.18. The summed E-state index contributed by atoms with van der Waals surface area (Å²) in [6.07, 6.45) is 0. The molecule has 2 rings (SSSR count). The Kier molecular flexibility index (Phi) is 1.89. The van der Waals surface area contributed by atoms with Crippen molar-refractivity contribution in [1.29, 1.82) is 0 Å². The number of halogens is 1. The molecule has 1 heteroatoms. The van der Waals surface area contributed by atoms with Gasteiger partial charge in [0.1, 0.15) is 0 Å². The maximum Gasteiger partial charge on any atom is 0.0256 e. The van der Waals surface area contributed by atoms with E-state index < -0.39 is 0 Å². The van der Waals surface area contributed by atoms with Gasteiger partial charge in [0.25, 0.3) is 0 Å². The van der Waals surface area contributed by atoms with Gasteiger partial charge in [-0.25, -0.2) is 0 Å². The molecule has 0 fully saturated rings. The summed E-state index contributed by atoms with van der Waals surface area (Å²) < 4.78 is 1.18. The van der Waals surface area contributed by atoms with Crippen molar-refractivity contribution in [3.05, 3.63) is 46.4 Å². The minimum Gasteiger partial charge on any atom is -0.0614 e. The Labute approximate surface area is 80.3 Å². The molecule has 2 aromatic rings. The molecule has 12 heavy (non-hydrogen) atoms. The average Bonchev–Trinajstić information content (AvgIpc) is 2.04. The molecule has 0 atom stereocenters.